The van der Waals surface area contributed by atoms with E-state index in [2.05, 4.69) is 19.2 Å². The fraction of sp³-hybridized carbons (Fsp3) is 0.556. The predicted molar refractivity (Wildman–Crippen MR) is 91.8 cm³/mol. The van der Waals surface area contributed by atoms with E-state index in [1.807, 2.05) is 4.90 Å². The van der Waals surface area contributed by atoms with E-state index in [1.54, 1.807) is 31.4 Å². The second-order valence-corrected chi connectivity index (χ2v) is 5.47. The minimum Gasteiger partial charge on any atom is -0.385 e. The van der Waals surface area contributed by atoms with Crippen molar-refractivity contribution in [1.29, 1.82) is 0 Å². The van der Waals surface area contributed by atoms with Crippen molar-refractivity contribution < 1.29 is 14.3 Å². The molecule has 5 heteroatoms. The Kier molecular flexibility index (Phi) is 8.98. The fourth-order valence-electron chi connectivity index (χ4n) is 2.32. The van der Waals surface area contributed by atoms with Crippen LogP contribution in [0.1, 0.15) is 53.8 Å². The third-order valence-electron chi connectivity index (χ3n) is 3.48. The van der Waals surface area contributed by atoms with Crippen molar-refractivity contribution >= 4 is 11.8 Å². The molecule has 0 unspecified atom stereocenters. The van der Waals surface area contributed by atoms with E-state index in [9.17, 15) is 9.59 Å². The minimum absolute atomic E-state index is 0.0285. The summed E-state index contributed by atoms with van der Waals surface area (Å²) in [6.45, 7) is 6.84. The number of ether oxygens (including phenoxy) is 1. The molecule has 1 aromatic carbocycles. The molecule has 0 atom stereocenters. The lowest BCUT2D eigenvalue weighted by Crippen LogP contribution is -2.32. The van der Waals surface area contributed by atoms with Gasteiger partial charge < -0.3 is 15.0 Å². The maximum Gasteiger partial charge on any atom is 0.253 e. The van der Waals surface area contributed by atoms with Gasteiger partial charge in [0.2, 0.25) is 0 Å². The van der Waals surface area contributed by atoms with Crippen LogP contribution in [0, 0.1) is 0 Å². The Morgan fingerprint density at radius 1 is 1.04 bits per heavy atom. The molecule has 0 spiro atoms. The molecule has 5 nitrogen and oxygen atoms in total. The topological polar surface area (TPSA) is 58.6 Å². The first kappa shape index (κ1) is 19.2. The Balaban J connectivity index is 2.64. The minimum atomic E-state index is -0.126. The summed E-state index contributed by atoms with van der Waals surface area (Å²) in [7, 11) is 1.64. The SMILES string of the molecule is CCCN(CCC)C(=O)c1ccc(C(=O)NCCCOC)cc1. The first-order valence-electron chi connectivity index (χ1n) is 8.30. The summed E-state index contributed by atoms with van der Waals surface area (Å²) in [6, 6.07) is 6.86. The molecule has 0 bridgehead atoms. The van der Waals surface area contributed by atoms with Crippen molar-refractivity contribution in [2.75, 3.05) is 33.4 Å². The molecule has 1 rings (SSSR count). The standard InChI is InChI=1S/C18H28N2O3/c1-4-12-20(13-5-2)18(22)16-9-7-15(8-10-16)17(21)19-11-6-14-23-3/h7-10H,4-6,11-14H2,1-3H3,(H,19,21). The van der Waals surface area contributed by atoms with Crippen LogP contribution < -0.4 is 5.32 Å². The van der Waals surface area contributed by atoms with Crippen LogP contribution in [0.25, 0.3) is 0 Å². The van der Waals surface area contributed by atoms with Gasteiger partial charge in [-0.1, -0.05) is 13.8 Å². The lowest BCUT2D eigenvalue weighted by Gasteiger charge is -2.21. The molecule has 128 valence electrons. The second kappa shape index (κ2) is 10.8. The number of methoxy groups -OCH3 is 1. The summed E-state index contributed by atoms with van der Waals surface area (Å²) in [6.07, 6.45) is 2.66. The lowest BCUT2D eigenvalue weighted by molar-refractivity contribution is 0.0755. The Labute approximate surface area is 139 Å². The van der Waals surface area contributed by atoms with Crippen molar-refractivity contribution in [3.05, 3.63) is 35.4 Å². The Morgan fingerprint density at radius 2 is 1.61 bits per heavy atom. The van der Waals surface area contributed by atoms with Crippen molar-refractivity contribution in [1.82, 2.24) is 10.2 Å². The molecule has 0 aliphatic rings. The van der Waals surface area contributed by atoms with Gasteiger partial charge in [0.1, 0.15) is 0 Å². The molecule has 0 aromatic heterocycles. The highest BCUT2D eigenvalue weighted by molar-refractivity contribution is 5.97. The van der Waals surface area contributed by atoms with Crippen LogP contribution in [0.2, 0.25) is 0 Å². The molecule has 0 radical (unpaired) electrons. The molecule has 0 saturated carbocycles. The highest BCUT2D eigenvalue weighted by atomic mass is 16.5. The Bertz CT molecular complexity index is 480. The van der Waals surface area contributed by atoms with Crippen LogP contribution in [0.3, 0.4) is 0 Å². The molecular weight excluding hydrogens is 292 g/mol. The summed E-state index contributed by atoms with van der Waals surface area (Å²) in [4.78, 5) is 26.3. The molecule has 0 aliphatic carbocycles. The van der Waals surface area contributed by atoms with Crippen molar-refractivity contribution in [2.24, 2.45) is 0 Å². The van der Waals surface area contributed by atoms with Gasteiger partial charge in [0, 0.05) is 44.5 Å². The van der Waals surface area contributed by atoms with Gasteiger partial charge in [-0.3, -0.25) is 9.59 Å². The number of nitrogens with zero attached hydrogens (tertiary/aromatic N) is 1. The quantitative estimate of drug-likeness (QED) is 0.674. The van der Waals surface area contributed by atoms with E-state index in [0.29, 0.717) is 24.3 Å². The predicted octanol–water partition coefficient (Wildman–Crippen LogP) is 2.72. The smallest absolute Gasteiger partial charge is 0.253 e. The van der Waals surface area contributed by atoms with Gasteiger partial charge in [-0.05, 0) is 43.5 Å². The third kappa shape index (κ3) is 6.40. The number of rotatable bonds is 10. The molecule has 1 N–H and O–H groups in total. The van der Waals surface area contributed by atoms with Crippen LogP contribution in [-0.4, -0.2) is 50.1 Å². The summed E-state index contributed by atoms with van der Waals surface area (Å²) in [5.74, 6) is -0.0974. The van der Waals surface area contributed by atoms with Gasteiger partial charge in [0.05, 0.1) is 0 Å². The van der Waals surface area contributed by atoms with E-state index in [-0.39, 0.29) is 11.8 Å². The van der Waals surface area contributed by atoms with Crippen LogP contribution in [-0.2, 0) is 4.74 Å². The lowest BCUT2D eigenvalue weighted by atomic mass is 10.1. The highest BCUT2D eigenvalue weighted by Crippen LogP contribution is 2.09. The zero-order chi connectivity index (χ0) is 17.1. The average Bonchev–Trinajstić information content (AvgIpc) is 2.58. The van der Waals surface area contributed by atoms with Crippen LogP contribution >= 0.6 is 0 Å². The molecule has 1 aromatic rings. The maximum atomic E-state index is 12.5. The number of carbonyl (C=O) groups excluding carboxylic acids is 2. The first-order chi connectivity index (χ1) is 11.1. The van der Waals surface area contributed by atoms with E-state index >= 15 is 0 Å². The zero-order valence-corrected chi connectivity index (χ0v) is 14.4. The van der Waals surface area contributed by atoms with Crippen molar-refractivity contribution in [2.45, 2.75) is 33.1 Å². The van der Waals surface area contributed by atoms with Crippen LogP contribution in [0.5, 0.6) is 0 Å². The summed E-state index contributed by atoms with van der Waals surface area (Å²) < 4.78 is 4.94. The molecule has 2 amide bonds. The molecule has 0 saturated heterocycles. The molecule has 0 aliphatic heterocycles. The van der Waals surface area contributed by atoms with E-state index in [1.165, 1.54) is 0 Å². The van der Waals surface area contributed by atoms with Crippen molar-refractivity contribution in [3.8, 4) is 0 Å². The van der Waals surface area contributed by atoms with Gasteiger partial charge in [0.15, 0.2) is 0 Å². The zero-order valence-electron chi connectivity index (χ0n) is 14.4. The van der Waals surface area contributed by atoms with Gasteiger partial charge >= 0.3 is 0 Å². The second-order valence-electron chi connectivity index (χ2n) is 5.47. The molecule has 0 heterocycles. The Morgan fingerprint density at radius 3 is 2.13 bits per heavy atom. The number of hydrogen-bond donors (Lipinski definition) is 1. The van der Waals surface area contributed by atoms with Crippen molar-refractivity contribution in [3.63, 3.8) is 0 Å². The van der Waals surface area contributed by atoms with Gasteiger partial charge in [0.25, 0.3) is 11.8 Å². The molecule has 0 fully saturated rings. The summed E-state index contributed by atoms with van der Waals surface area (Å²) in [5.41, 5.74) is 1.19. The van der Waals surface area contributed by atoms with Crippen LogP contribution in [0.15, 0.2) is 24.3 Å². The average molecular weight is 320 g/mol. The van der Waals surface area contributed by atoms with Gasteiger partial charge in [-0.2, -0.15) is 0 Å². The highest BCUT2D eigenvalue weighted by Gasteiger charge is 2.14. The number of nitrogens with one attached hydrogen (secondary N) is 1. The van der Waals surface area contributed by atoms with E-state index in [0.717, 1.165) is 32.4 Å². The maximum absolute atomic E-state index is 12.5. The number of carbonyl (C=O) groups is 2. The van der Waals surface area contributed by atoms with Crippen LogP contribution in [0.4, 0.5) is 0 Å². The van der Waals surface area contributed by atoms with Gasteiger partial charge in [-0.25, -0.2) is 0 Å². The van der Waals surface area contributed by atoms with E-state index in [4.69, 9.17) is 4.74 Å². The Hall–Kier alpha value is -1.88. The number of benzene rings is 1. The monoisotopic (exact) mass is 320 g/mol. The normalized spacial score (nSPS) is 10.4. The largest absolute Gasteiger partial charge is 0.385 e. The third-order valence-corrected chi connectivity index (χ3v) is 3.48. The molecular formula is C18H28N2O3. The fourth-order valence-corrected chi connectivity index (χ4v) is 2.32. The number of amides is 2. The summed E-state index contributed by atoms with van der Waals surface area (Å²) in [5, 5.41) is 2.83. The number of hydrogen-bond acceptors (Lipinski definition) is 3. The first-order valence-corrected chi connectivity index (χ1v) is 8.30. The summed E-state index contributed by atoms with van der Waals surface area (Å²) >= 11 is 0. The van der Waals surface area contributed by atoms with Gasteiger partial charge in [-0.15, -0.1) is 0 Å². The molecule has 23 heavy (non-hydrogen) atoms. The van der Waals surface area contributed by atoms with E-state index < -0.39 is 0 Å².